The fourth-order valence-corrected chi connectivity index (χ4v) is 2.35. The maximum absolute atomic E-state index is 4.15. The van der Waals surface area contributed by atoms with Crippen molar-refractivity contribution in [2.24, 2.45) is 0 Å². The highest BCUT2D eigenvalue weighted by atomic mass is 15.1. The van der Waals surface area contributed by atoms with Crippen LogP contribution in [0.4, 0.5) is 0 Å². The van der Waals surface area contributed by atoms with Crippen molar-refractivity contribution >= 4 is 0 Å². The smallest absolute Gasteiger partial charge is 0.0710 e. The largest absolute Gasteiger partial charge is 0.308 e. The summed E-state index contributed by atoms with van der Waals surface area (Å²) in [6, 6.07) is 12.4. The zero-order chi connectivity index (χ0) is 14.5. The van der Waals surface area contributed by atoms with E-state index in [2.05, 4.69) is 51.7 Å². The fourth-order valence-electron chi connectivity index (χ4n) is 2.35. The molecule has 0 spiro atoms. The van der Waals surface area contributed by atoms with E-state index in [1.165, 1.54) is 11.1 Å². The van der Waals surface area contributed by atoms with Gasteiger partial charge in [0, 0.05) is 36.6 Å². The topological polar surface area (TPSA) is 53.6 Å². The lowest BCUT2D eigenvalue weighted by Gasteiger charge is -2.08. The molecule has 0 aliphatic rings. The third-order valence-electron chi connectivity index (χ3n) is 3.56. The molecule has 4 heteroatoms. The van der Waals surface area contributed by atoms with Gasteiger partial charge >= 0.3 is 0 Å². The number of aromatic amines is 1. The van der Waals surface area contributed by atoms with Crippen LogP contribution in [0.3, 0.4) is 0 Å². The second-order valence-electron chi connectivity index (χ2n) is 5.04. The summed E-state index contributed by atoms with van der Waals surface area (Å²) in [5, 5.41) is 10.7. The molecule has 0 atom stereocenters. The third kappa shape index (κ3) is 3.17. The monoisotopic (exact) mass is 278 g/mol. The molecular weight excluding hydrogens is 260 g/mol. The summed E-state index contributed by atoms with van der Waals surface area (Å²) in [5.74, 6) is 0. The fraction of sp³-hybridized carbons (Fsp3) is 0.176. The van der Waals surface area contributed by atoms with E-state index in [1.54, 1.807) is 6.20 Å². The Bertz CT molecular complexity index is 704. The van der Waals surface area contributed by atoms with Gasteiger partial charge in [0.1, 0.15) is 0 Å². The van der Waals surface area contributed by atoms with Crippen molar-refractivity contribution < 1.29 is 0 Å². The first-order valence-electron chi connectivity index (χ1n) is 7.02. The average molecular weight is 278 g/mol. The standard InChI is InChI=1S/C17H18N4/c1-13-5-2-3-6-14(13)9-19-11-16-12-20-21-17(16)15-7-4-8-18-10-15/h2-8,10,12,19H,9,11H2,1H3,(H,20,21). The number of hydrogen-bond acceptors (Lipinski definition) is 3. The first-order chi connectivity index (χ1) is 10.3. The Hall–Kier alpha value is -2.46. The van der Waals surface area contributed by atoms with Gasteiger partial charge in [-0.25, -0.2) is 0 Å². The second kappa shape index (κ2) is 6.33. The quantitative estimate of drug-likeness (QED) is 0.754. The number of aromatic nitrogens is 3. The van der Waals surface area contributed by atoms with Crippen LogP contribution in [0.15, 0.2) is 55.0 Å². The minimum Gasteiger partial charge on any atom is -0.308 e. The van der Waals surface area contributed by atoms with Crippen molar-refractivity contribution in [1.82, 2.24) is 20.5 Å². The molecule has 3 aromatic rings. The number of nitrogens with zero attached hydrogens (tertiary/aromatic N) is 2. The Morgan fingerprint density at radius 1 is 1.00 bits per heavy atom. The van der Waals surface area contributed by atoms with Gasteiger partial charge in [-0.1, -0.05) is 24.3 Å². The molecule has 2 heterocycles. The number of pyridine rings is 1. The SMILES string of the molecule is Cc1ccccc1CNCc1cn[nH]c1-c1cccnc1. The van der Waals surface area contributed by atoms with Crippen LogP contribution in [0, 0.1) is 6.92 Å². The van der Waals surface area contributed by atoms with Gasteiger partial charge in [-0.2, -0.15) is 5.10 Å². The molecule has 4 nitrogen and oxygen atoms in total. The number of benzene rings is 1. The molecule has 2 aromatic heterocycles. The van der Waals surface area contributed by atoms with Crippen molar-refractivity contribution in [2.45, 2.75) is 20.0 Å². The van der Waals surface area contributed by atoms with Gasteiger partial charge in [-0.3, -0.25) is 10.1 Å². The third-order valence-corrected chi connectivity index (χ3v) is 3.56. The van der Waals surface area contributed by atoms with Crippen LogP contribution in [-0.4, -0.2) is 15.2 Å². The molecule has 0 unspecified atom stereocenters. The van der Waals surface area contributed by atoms with Crippen molar-refractivity contribution in [3.63, 3.8) is 0 Å². The Labute approximate surface area is 124 Å². The number of rotatable bonds is 5. The van der Waals surface area contributed by atoms with Crippen LogP contribution in [0.5, 0.6) is 0 Å². The van der Waals surface area contributed by atoms with E-state index < -0.39 is 0 Å². The van der Waals surface area contributed by atoms with E-state index in [0.717, 1.165) is 29.9 Å². The lowest BCUT2D eigenvalue weighted by atomic mass is 10.1. The molecule has 0 bridgehead atoms. The van der Waals surface area contributed by atoms with Gasteiger partial charge in [-0.05, 0) is 30.2 Å². The van der Waals surface area contributed by atoms with E-state index in [-0.39, 0.29) is 0 Å². The van der Waals surface area contributed by atoms with E-state index in [0.29, 0.717) is 0 Å². The zero-order valence-electron chi connectivity index (χ0n) is 12.0. The van der Waals surface area contributed by atoms with Crippen LogP contribution in [-0.2, 0) is 13.1 Å². The molecule has 2 N–H and O–H groups in total. The predicted octanol–water partition coefficient (Wildman–Crippen LogP) is 3.07. The zero-order valence-corrected chi connectivity index (χ0v) is 12.0. The lowest BCUT2D eigenvalue weighted by molar-refractivity contribution is 0.692. The first kappa shape index (κ1) is 13.5. The second-order valence-corrected chi connectivity index (χ2v) is 5.04. The summed E-state index contributed by atoms with van der Waals surface area (Å²) in [5.41, 5.74) is 5.87. The van der Waals surface area contributed by atoms with Gasteiger partial charge in [0.15, 0.2) is 0 Å². The molecule has 0 aliphatic heterocycles. The molecule has 0 fully saturated rings. The van der Waals surface area contributed by atoms with Crippen LogP contribution in [0.25, 0.3) is 11.3 Å². The van der Waals surface area contributed by atoms with Crippen molar-refractivity contribution in [3.05, 3.63) is 71.7 Å². The van der Waals surface area contributed by atoms with Gasteiger partial charge in [0.05, 0.1) is 11.9 Å². The molecule has 0 aliphatic carbocycles. The molecule has 3 rings (SSSR count). The highest BCUT2D eigenvalue weighted by molar-refractivity contribution is 5.61. The van der Waals surface area contributed by atoms with Gasteiger partial charge < -0.3 is 5.32 Å². The van der Waals surface area contributed by atoms with E-state index in [1.807, 2.05) is 24.5 Å². The summed E-state index contributed by atoms with van der Waals surface area (Å²) in [4.78, 5) is 4.15. The van der Waals surface area contributed by atoms with Crippen LogP contribution >= 0.6 is 0 Å². The Morgan fingerprint density at radius 2 is 1.86 bits per heavy atom. The van der Waals surface area contributed by atoms with E-state index in [4.69, 9.17) is 0 Å². The predicted molar refractivity (Wildman–Crippen MR) is 83.5 cm³/mol. The Balaban J connectivity index is 1.67. The van der Waals surface area contributed by atoms with Crippen LogP contribution < -0.4 is 5.32 Å². The molecule has 0 amide bonds. The van der Waals surface area contributed by atoms with Gasteiger partial charge in [0.25, 0.3) is 0 Å². The van der Waals surface area contributed by atoms with E-state index in [9.17, 15) is 0 Å². The highest BCUT2D eigenvalue weighted by Crippen LogP contribution is 2.19. The summed E-state index contributed by atoms with van der Waals surface area (Å²) in [6.07, 6.45) is 5.49. The van der Waals surface area contributed by atoms with E-state index >= 15 is 0 Å². The molecule has 1 aromatic carbocycles. The normalized spacial score (nSPS) is 10.7. The first-order valence-corrected chi connectivity index (χ1v) is 7.02. The minimum absolute atomic E-state index is 0.773. The molecular formula is C17H18N4. The maximum atomic E-state index is 4.15. The average Bonchev–Trinajstić information content (AvgIpc) is 2.99. The van der Waals surface area contributed by atoms with Gasteiger partial charge in [-0.15, -0.1) is 0 Å². The number of hydrogen-bond donors (Lipinski definition) is 2. The molecule has 0 radical (unpaired) electrons. The number of aryl methyl sites for hydroxylation is 1. The van der Waals surface area contributed by atoms with Crippen LogP contribution in [0.2, 0.25) is 0 Å². The lowest BCUT2D eigenvalue weighted by Crippen LogP contribution is -2.13. The van der Waals surface area contributed by atoms with Crippen molar-refractivity contribution in [1.29, 1.82) is 0 Å². The summed E-state index contributed by atoms with van der Waals surface area (Å²) >= 11 is 0. The number of nitrogens with one attached hydrogen (secondary N) is 2. The summed E-state index contributed by atoms with van der Waals surface area (Å²) in [7, 11) is 0. The van der Waals surface area contributed by atoms with Gasteiger partial charge in [0.2, 0.25) is 0 Å². The minimum atomic E-state index is 0.773. The summed E-state index contributed by atoms with van der Waals surface area (Å²) in [6.45, 7) is 3.76. The molecule has 0 saturated heterocycles. The number of H-pyrrole nitrogens is 1. The Kier molecular flexibility index (Phi) is 4.07. The van der Waals surface area contributed by atoms with Crippen molar-refractivity contribution in [2.75, 3.05) is 0 Å². The molecule has 21 heavy (non-hydrogen) atoms. The molecule has 106 valence electrons. The molecule has 0 saturated carbocycles. The maximum Gasteiger partial charge on any atom is 0.0710 e. The van der Waals surface area contributed by atoms with Crippen LogP contribution in [0.1, 0.15) is 16.7 Å². The Morgan fingerprint density at radius 3 is 2.67 bits per heavy atom. The van der Waals surface area contributed by atoms with Crippen molar-refractivity contribution in [3.8, 4) is 11.3 Å². The summed E-state index contributed by atoms with van der Waals surface area (Å²) < 4.78 is 0. The highest BCUT2D eigenvalue weighted by Gasteiger charge is 2.07.